The van der Waals surface area contributed by atoms with Gasteiger partial charge >= 0.3 is 0 Å². The minimum Gasteiger partial charge on any atom is -0.481 e. The van der Waals surface area contributed by atoms with Gasteiger partial charge in [-0.1, -0.05) is 36.4 Å². The van der Waals surface area contributed by atoms with E-state index in [0.717, 1.165) is 16.7 Å². The highest BCUT2D eigenvalue weighted by Crippen LogP contribution is 2.24. The highest BCUT2D eigenvalue weighted by molar-refractivity contribution is 5.95. The minimum absolute atomic E-state index is 0.270. The van der Waals surface area contributed by atoms with Gasteiger partial charge in [-0.15, -0.1) is 0 Å². The van der Waals surface area contributed by atoms with Crippen LogP contribution in [0, 0.1) is 13.8 Å². The zero-order valence-corrected chi connectivity index (χ0v) is 14.3. The molecule has 0 aliphatic rings. The molecule has 3 rings (SSSR count). The fourth-order valence-electron chi connectivity index (χ4n) is 2.53. The number of ether oxygens (including phenoxy) is 1. The predicted octanol–water partition coefficient (Wildman–Crippen LogP) is 3.76. The quantitative estimate of drug-likeness (QED) is 0.767. The Hall–Kier alpha value is -3.15. The van der Waals surface area contributed by atoms with Crippen LogP contribution in [0.25, 0.3) is 11.3 Å². The molecule has 128 valence electrons. The Kier molecular flexibility index (Phi) is 4.79. The van der Waals surface area contributed by atoms with Crippen molar-refractivity contribution in [2.24, 2.45) is 0 Å². The van der Waals surface area contributed by atoms with Crippen LogP contribution in [0.1, 0.15) is 18.1 Å². The van der Waals surface area contributed by atoms with Crippen molar-refractivity contribution in [3.8, 4) is 17.0 Å². The predicted molar refractivity (Wildman–Crippen MR) is 94.4 cm³/mol. The summed E-state index contributed by atoms with van der Waals surface area (Å²) in [6, 6.07) is 15.2. The van der Waals surface area contributed by atoms with Gasteiger partial charge in [0.05, 0.1) is 0 Å². The molecule has 0 radical (unpaired) electrons. The zero-order valence-electron chi connectivity index (χ0n) is 14.3. The summed E-state index contributed by atoms with van der Waals surface area (Å²) < 4.78 is 10.5. The first-order chi connectivity index (χ1) is 12.0. The molecule has 0 saturated heterocycles. The lowest BCUT2D eigenvalue weighted by atomic mass is 10.1. The summed E-state index contributed by atoms with van der Waals surface area (Å²) >= 11 is 0. The summed E-state index contributed by atoms with van der Waals surface area (Å²) in [4.78, 5) is 12.4. The third-order valence-electron chi connectivity index (χ3n) is 3.65. The molecule has 3 aromatic rings. The molecule has 25 heavy (non-hydrogen) atoms. The molecular formula is C19H19N3O3. The second kappa shape index (κ2) is 7.17. The van der Waals surface area contributed by atoms with Crippen molar-refractivity contribution in [2.75, 3.05) is 5.32 Å². The number of aromatic nitrogens is 2. The second-order valence-corrected chi connectivity index (χ2v) is 5.90. The van der Waals surface area contributed by atoms with E-state index < -0.39 is 6.10 Å². The highest BCUT2D eigenvalue weighted by Gasteiger charge is 2.20. The van der Waals surface area contributed by atoms with Crippen molar-refractivity contribution in [1.82, 2.24) is 10.3 Å². The Morgan fingerprint density at radius 3 is 2.44 bits per heavy atom. The Labute approximate surface area is 145 Å². The van der Waals surface area contributed by atoms with Crippen molar-refractivity contribution in [3.05, 3.63) is 59.7 Å². The van der Waals surface area contributed by atoms with Crippen LogP contribution in [0.15, 0.2) is 53.2 Å². The minimum atomic E-state index is -0.693. The third-order valence-corrected chi connectivity index (χ3v) is 3.65. The van der Waals surface area contributed by atoms with Crippen LogP contribution >= 0.6 is 0 Å². The maximum Gasteiger partial charge on any atom is 0.266 e. The summed E-state index contributed by atoms with van der Waals surface area (Å²) in [6.07, 6.45) is -0.693. The van der Waals surface area contributed by atoms with Gasteiger partial charge in [-0.3, -0.25) is 4.79 Å². The van der Waals surface area contributed by atoms with Gasteiger partial charge in [0.25, 0.3) is 5.91 Å². The number of amides is 1. The Morgan fingerprint density at radius 1 is 1.08 bits per heavy atom. The van der Waals surface area contributed by atoms with E-state index in [1.165, 1.54) is 0 Å². The molecule has 1 heterocycles. The van der Waals surface area contributed by atoms with Crippen molar-refractivity contribution in [3.63, 3.8) is 0 Å². The maximum absolute atomic E-state index is 12.4. The molecule has 0 aliphatic heterocycles. The average molecular weight is 337 g/mol. The molecule has 1 atom stereocenters. The van der Waals surface area contributed by atoms with E-state index in [-0.39, 0.29) is 11.7 Å². The first kappa shape index (κ1) is 16.7. The average Bonchev–Trinajstić information content (AvgIpc) is 3.02. The van der Waals surface area contributed by atoms with Gasteiger partial charge in [-0.2, -0.15) is 0 Å². The number of carbonyl (C=O) groups excluding carboxylic acids is 1. The zero-order chi connectivity index (χ0) is 17.8. The summed E-state index contributed by atoms with van der Waals surface area (Å²) in [5, 5.41) is 10.3. The molecule has 0 aliphatic carbocycles. The van der Waals surface area contributed by atoms with Gasteiger partial charge in [0.2, 0.25) is 5.82 Å². The van der Waals surface area contributed by atoms with Gasteiger partial charge in [0, 0.05) is 5.56 Å². The van der Waals surface area contributed by atoms with Crippen molar-refractivity contribution >= 4 is 11.7 Å². The number of rotatable bonds is 5. The molecule has 0 saturated carbocycles. The Morgan fingerprint density at radius 2 is 1.76 bits per heavy atom. The van der Waals surface area contributed by atoms with Crippen molar-refractivity contribution in [2.45, 2.75) is 26.9 Å². The first-order valence-electron chi connectivity index (χ1n) is 7.97. The smallest absolute Gasteiger partial charge is 0.266 e. The number of anilines is 1. The number of benzene rings is 2. The lowest BCUT2D eigenvalue weighted by Gasteiger charge is -2.15. The van der Waals surface area contributed by atoms with Gasteiger partial charge in [0.1, 0.15) is 5.75 Å². The molecule has 0 bridgehead atoms. The van der Waals surface area contributed by atoms with E-state index in [2.05, 4.69) is 15.6 Å². The highest BCUT2D eigenvalue weighted by atomic mass is 16.6. The molecule has 6 nitrogen and oxygen atoms in total. The van der Waals surface area contributed by atoms with Crippen LogP contribution in [-0.4, -0.2) is 22.3 Å². The topological polar surface area (TPSA) is 77.2 Å². The lowest BCUT2D eigenvalue weighted by Crippen LogP contribution is -2.30. The Balaban J connectivity index is 1.71. The lowest BCUT2D eigenvalue weighted by molar-refractivity contribution is -0.122. The number of carbonyl (C=O) groups is 1. The van der Waals surface area contributed by atoms with Crippen LogP contribution < -0.4 is 10.1 Å². The summed E-state index contributed by atoms with van der Waals surface area (Å²) in [5.41, 5.74) is 3.44. The van der Waals surface area contributed by atoms with Crippen molar-refractivity contribution in [1.29, 1.82) is 0 Å². The van der Waals surface area contributed by atoms with Gasteiger partial charge in [0.15, 0.2) is 11.8 Å². The largest absolute Gasteiger partial charge is 0.481 e. The number of aryl methyl sites for hydroxylation is 2. The molecule has 1 amide bonds. The Bertz CT molecular complexity index is 854. The van der Waals surface area contributed by atoms with Crippen LogP contribution in [0.5, 0.6) is 5.75 Å². The van der Waals surface area contributed by atoms with E-state index in [9.17, 15) is 4.79 Å². The third kappa shape index (κ3) is 4.03. The van der Waals surface area contributed by atoms with Crippen LogP contribution in [0.4, 0.5) is 5.82 Å². The van der Waals surface area contributed by atoms with E-state index in [4.69, 9.17) is 9.37 Å². The van der Waals surface area contributed by atoms with Crippen LogP contribution in [-0.2, 0) is 4.79 Å². The number of nitrogens with zero attached hydrogens (tertiary/aromatic N) is 2. The van der Waals surface area contributed by atoms with E-state index in [1.54, 1.807) is 6.92 Å². The van der Waals surface area contributed by atoms with Gasteiger partial charge < -0.3 is 10.1 Å². The maximum atomic E-state index is 12.4. The number of nitrogens with one attached hydrogen (secondary N) is 1. The summed E-state index contributed by atoms with van der Waals surface area (Å²) in [5.74, 6) is 0.598. The molecule has 1 aromatic heterocycles. The molecular weight excluding hydrogens is 318 g/mol. The fourth-order valence-corrected chi connectivity index (χ4v) is 2.53. The number of hydrogen-bond acceptors (Lipinski definition) is 5. The molecule has 2 aromatic carbocycles. The van der Waals surface area contributed by atoms with E-state index >= 15 is 0 Å². The number of hydrogen-bond donors (Lipinski definition) is 1. The molecule has 0 unspecified atom stereocenters. The second-order valence-electron chi connectivity index (χ2n) is 5.90. The van der Waals surface area contributed by atoms with E-state index in [0.29, 0.717) is 11.4 Å². The molecule has 0 spiro atoms. The molecule has 1 N–H and O–H groups in total. The molecule has 6 heteroatoms. The fraction of sp³-hybridized carbons (Fsp3) is 0.211. The monoisotopic (exact) mass is 337 g/mol. The SMILES string of the molecule is Cc1cc(C)cc(O[C@@H](C)C(=O)Nc2nonc2-c2ccccc2)c1. The summed E-state index contributed by atoms with van der Waals surface area (Å²) in [7, 11) is 0. The van der Waals surface area contributed by atoms with Crippen LogP contribution in [0.3, 0.4) is 0 Å². The first-order valence-corrected chi connectivity index (χ1v) is 7.97. The standard InChI is InChI=1S/C19H19N3O3/c1-12-9-13(2)11-16(10-12)24-14(3)19(23)20-18-17(21-25-22-18)15-7-5-4-6-8-15/h4-11,14H,1-3H3,(H,20,22,23)/t14-/m0/s1. The summed E-state index contributed by atoms with van der Waals surface area (Å²) in [6.45, 7) is 5.65. The van der Waals surface area contributed by atoms with Gasteiger partial charge in [-0.05, 0) is 54.3 Å². The molecule has 0 fully saturated rings. The van der Waals surface area contributed by atoms with E-state index in [1.807, 2.05) is 62.4 Å². The normalized spacial score (nSPS) is 11.8. The van der Waals surface area contributed by atoms with Gasteiger partial charge in [-0.25, -0.2) is 4.63 Å². The van der Waals surface area contributed by atoms with Crippen LogP contribution in [0.2, 0.25) is 0 Å². The van der Waals surface area contributed by atoms with Crippen molar-refractivity contribution < 1.29 is 14.2 Å².